The Bertz CT molecular complexity index is 845. The minimum Gasteiger partial charge on any atom is -0.452 e. The molecule has 0 saturated heterocycles. The molecule has 1 aromatic heterocycles. The second-order valence-electron chi connectivity index (χ2n) is 4.62. The fraction of sp³-hybridized carbons (Fsp3) is 0.0625. The first-order valence-electron chi connectivity index (χ1n) is 6.16. The molecule has 0 bridgehead atoms. The van der Waals surface area contributed by atoms with Crippen LogP contribution in [0.25, 0.3) is 11.0 Å². The normalized spacial score (nSPS) is 11.0. The largest absolute Gasteiger partial charge is 0.452 e. The molecule has 5 heteroatoms. The summed E-state index contributed by atoms with van der Waals surface area (Å²) in [5.74, 6) is -3.51. The van der Waals surface area contributed by atoms with Gasteiger partial charge in [0.15, 0.2) is 5.76 Å². The summed E-state index contributed by atoms with van der Waals surface area (Å²) in [6, 6.07) is 6.92. The second kappa shape index (κ2) is 4.77. The van der Waals surface area contributed by atoms with Crippen LogP contribution in [-0.4, -0.2) is 5.78 Å². The molecule has 3 rings (SSSR count). The number of fused-ring (bicyclic) bond motifs is 1. The van der Waals surface area contributed by atoms with E-state index in [9.17, 15) is 18.0 Å². The zero-order chi connectivity index (χ0) is 15.1. The minimum atomic E-state index is -0.967. The van der Waals surface area contributed by atoms with Crippen molar-refractivity contribution in [3.05, 3.63) is 70.7 Å². The Balaban J connectivity index is 2.21. The summed E-state index contributed by atoms with van der Waals surface area (Å²) < 4.78 is 45.9. The van der Waals surface area contributed by atoms with Gasteiger partial charge in [-0.15, -0.1) is 0 Å². The fourth-order valence-corrected chi connectivity index (χ4v) is 2.24. The van der Waals surface area contributed by atoms with Crippen LogP contribution in [0.2, 0.25) is 0 Å². The van der Waals surface area contributed by atoms with Crippen molar-refractivity contribution in [2.45, 2.75) is 6.92 Å². The summed E-state index contributed by atoms with van der Waals surface area (Å²) in [6.07, 6.45) is 0. The van der Waals surface area contributed by atoms with Crippen LogP contribution in [0.1, 0.15) is 21.7 Å². The Hall–Kier alpha value is -2.56. The lowest BCUT2D eigenvalue weighted by atomic mass is 10.0. The van der Waals surface area contributed by atoms with Crippen LogP contribution in [0.5, 0.6) is 0 Å². The Morgan fingerprint density at radius 2 is 1.71 bits per heavy atom. The van der Waals surface area contributed by atoms with Crippen molar-refractivity contribution in [3.8, 4) is 0 Å². The maximum Gasteiger partial charge on any atom is 0.234 e. The number of rotatable bonds is 2. The van der Waals surface area contributed by atoms with Crippen molar-refractivity contribution in [2.24, 2.45) is 0 Å². The molecular formula is C16H9F3O2. The van der Waals surface area contributed by atoms with Gasteiger partial charge in [-0.1, -0.05) is 6.07 Å². The third-order valence-corrected chi connectivity index (χ3v) is 3.29. The molecule has 0 radical (unpaired) electrons. The smallest absolute Gasteiger partial charge is 0.234 e. The van der Waals surface area contributed by atoms with Crippen molar-refractivity contribution in [2.75, 3.05) is 0 Å². The number of ketones is 1. The number of halogens is 3. The maximum absolute atomic E-state index is 13.7. The average Bonchev–Trinajstić information content (AvgIpc) is 2.76. The second-order valence-corrected chi connectivity index (χ2v) is 4.62. The molecule has 0 fully saturated rings. The van der Waals surface area contributed by atoms with E-state index in [0.29, 0.717) is 10.9 Å². The van der Waals surface area contributed by atoms with Crippen LogP contribution >= 0.6 is 0 Å². The third kappa shape index (κ3) is 2.11. The number of hydrogen-bond donors (Lipinski definition) is 0. The summed E-state index contributed by atoms with van der Waals surface area (Å²) in [7, 11) is 0. The van der Waals surface area contributed by atoms with Crippen LogP contribution in [0.15, 0.2) is 40.8 Å². The highest BCUT2D eigenvalue weighted by molar-refractivity contribution is 6.10. The van der Waals surface area contributed by atoms with E-state index < -0.39 is 28.8 Å². The van der Waals surface area contributed by atoms with Crippen LogP contribution < -0.4 is 0 Å². The van der Waals surface area contributed by atoms with Crippen molar-refractivity contribution >= 4 is 16.8 Å². The zero-order valence-corrected chi connectivity index (χ0v) is 10.9. The molecule has 0 unspecified atom stereocenters. The van der Waals surface area contributed by atoms with E-state index >= 15 is 0 Å². The van der Waals surface area contributed by atoms with E-state index in [1.165, 1.54) is 31.2 Å². The highest BCUT2D eigenvalue weighted by atomic mass is 19.1. The van der Waals surface area contributed by atoms with Gasteiger partial charge >= 0.3 is 0 Å². The van der Waals surface area contributed by atoms with Crippen molar-refractivity contribution < 1.29 is 22.4 Å². The predicted octanol–water partition coefficient (Wildman–Crippen LogP) is 4.39. The number of aryl methyl sites for hydroxylation is 1. The van der Waals surface area contributed by atoms with Gasteiger partial charge in [0, 0.05) is 10.9 Å². The summed E-state index contributed by atoms with van der Waals surface area (Å²) in [4.78, 5) is 12.3. The van der Waals surface area contributed by atoms with Crippen molar-refractivity contribution in [3.63, 3.8) is 0 Å². The number of benzene rings is 2. The summed E-state index contributed by atoms with van der Waals surface area (Å²) in [6.45, 7) is 1.54. The number of hydrogen-bond acceptors (Lipinski definition) is 2. The molecule has 3 aromatic rings. The van der Waals surface area contributed by atoms with Gasteiger partial charge in [0.2, 0.25) is 5.78 Å². The molecule has 0 aliphatic carbocycles. The standard InChI is InChI=1S/C16H9F3O2/c1-8-10-7-9(17)5-6-13(10)21-16(8)15(20)14-11(18)3-2-4-12(14)19/h2-7H,1H3. The third-order valence-electron chi connectivity index (χ3n) is 3.29. The van der Waals surface area contributed by atoms with Gasteiger partial charge < -0.3 is 4.42 Å². The van der Waals surface area contributed by atoms with Crippen molar-refractivity contribution in [1.82, 2.24) is 0 Å². The van der Waals surface area contributed by atoms with Gasteiger partial charge in [-0.2, -0.15) is 0 Å². The lowest BCUT2D eigenvalue weighted by molar-refractivity contribution is 0.100. The van der Waals surface area contributed by atoms with Gasteiger partial charge in [0.05, 0.1) is 5.56 Å². The average molecular weight is 290 g/mol. The van der Waals surface area contributed by atoms with E-state index in [1.54, 1.807) is 0 Å². The van der Waals surface area contributed by atoms with E-state index in [-0.39, 0.29) is 11.3 Å². The van der Waals surface area contributed by atoms with Crippen LogP contribution in [0.4, 0.5) is 13.2 Å². The first kappa shape index (κ1) is 13.4. The Morgan fingerprint density at radius 3 is 2.38 bits per heavy atom. The molecule has 0 saturated carbocycles. The molecule has 0 atom stereocenters. The molecule has 0 amide bonds. The lowest BCUT2D eigenvalue weighted by Crippen LogP contribution is -2.07. The molecule has 0 aliphatic heterocycles. The Labute approximate surface area is 117 Å². The predicted molar refractivity (Wildman–Crippen MR) is 70.7 cm³/mol. The SMILES string of the molecule is Cc1c(C(=O)c2c(F)cccc2F)oc2ccc(F)cc12. The maximum atomic E-state index is 13.7. The molecule has 0 spiro atoms. The molecule has 0 aliphatic rings. The molecule has 0 N–H and O–H groups in total. The van der Waals surface area contributed by atoms with Gasteiger partial charge in [0.1, 0.15) is 23.0 Å². The zero-order valence-electron chi connectivity index (χ0n) is 10.9. The monoisotopic (exact) mass is 290 g/mol. The van der Waals surface area contributed by atoms with Crippen LogP contribution in [0.3, 0.4) is 0 Å². The van der Waals surface area contributed by atoms with Gasteiger partial charge in [-0.05, 0) is 37.3 Å². The van der Waals surface area contributed by atoms with E-state index in [4.69, 9.17) is 4.42 Å². The van der Waals surface area contributed by atoms with E-state index in [1.807, 2.05) is 0 Å². The lowest BCUT2D eigenvalue weighted by Gasteiger charge is -2.02. The summed E-state index contributed by atoms with van der Waals surface area (Å²) in [5, 5.41) is 0.398. The highest BCUT2D eigenvalue weighted by Crippen LogP contribution is 2.28. The van der Waals surface area contributed by atoms with Crippen molar-refractivity contribution in [1.29, 1.82) is 0 Å². The molecule has 1 heterocycles. The topological polar surface area (TPSA) is 30.2 Å². The van der Waals surface area contributed by atoms with Gasteiger partial charge in [-0.25, -0.2) is 13.2 Å². The molecule has 2 nitrogen and oxygen atoms in total. The molecule has 2 aromatic carbocycles. The number of carbonyl (C=O) groups is 1. The summed E-state index contributed by atoms with van der Waals surface area (Å²) in [5.41, 5.74) is -0.0497. The van der Waals surface area contributed by atoms with Gasteiger partial charge in [0.25, 0.3) is 0 Å². The minimum absolute atomic E-state index is 0.195. The first-order chi connectivity index (χ1) is 9.99. The molecule has 21 heavy (non-hydrogen) atoms. The van der Waals surface area contributed by atoms with E-state index in [0.717, 1.165) is 12.1 Å². The van der Waals surface area contributed by atoms with Gasteiger partial charge in [-0.3, -0.25) is 4.79 Å². The number of carbonyl (C=O) groups excluding carboxylic acids is 1. The number of furan rings is 1. The highest BCUT2D eigenvalue weighted by Gasteiger charge is 2.25. The van der Waals surface area contributed by atoms with Crippen LogP contribution in [-0.2, 0) is 0 Å². The summed E-state index contributed by atoms with van der Waals surface area (Å²) >= 11 is 0. The Kier molecular flexibility index (Phi) is 3.05. The van der Waals surface area contributed by atoms with Crippen LogP contribution in [0, 0.1) is 24.4 Å². The first-order valence-corrected chi connectivity index (χ1v) is 6.16. The van der Waals surface area contributed by atoms with E-state index in [2.05, 4.69) is 0 Å². The quantitative estimate of drug-likeness (QED) is 0.655. The molecular weight excluding hydrogens is 281 g/mol. The fourth-order valence-electron chi connectivity index (χ4n) is 2.24. The Morgan fingerprint density at radius 1 is 1.05 bits per heavy atom. The molecule has 106 valence electrons.